The van der Waals surface area contributed by atoms with Crippen molar-refractivity contribution in [2.24, 2.45) is 0 Å². The summed E-state index contributed by atoms with van der Waals surface area (Å²) in [4.78, 5) is 12.2. The number of amides is 1. The van der Waals surface area contributed by atoms with Crippen molar-refractivity contribution < 1.29 is 9.53 Å². The zero-order valence-corrected chi connectivity index (χ0v) is 15.4. The van der Waals surface area contributed by atoms with E-state index in [0.717, 1.165) is 28.9 Å². The molecule has 0 unspecified atom stereocenters. The minimum absolute atomic E-state index is 0.109. The van der Waals surface area contributed by atoms with Crippen LogP contribution < -0.4 is 10.1 Å². The van der Waals surface area contributed by atoms with Crippen molar-refractivity contribution in [1.29, 1.82) is 0 Å². The number of nitrogens with one attached hydrogen (secondary N) is 1. The van der Waals surface area contributed by atoms with Gasteiger partial charge in [0.1, 0.15) is 5.75 Å². The van der Waals surface area contributed by atoms with E-state index in [1.54, 1.807) is 6.92 Å². The van der Waals surface area contributed by atoms with Crippen LogP contribution in [0.15, 0.2) is 36.4 Å². The molecule has 0 radical (unpaired) electrons. The average molecular weight is 346 g/mol. The number of hydrogen-bond donors (Lipinski definition) is 1. The molecule has 2 aromatic carbocycles. The quantitative estimate of drug-likeness (QED) is 0.843. The van der Waals surface area contributed by atoms with E-state index in [1.165, 1.54) is 5.56 Å². The van der Waals surface area contributed by atoms with Gasteiger partial charge < -0.3 is 10.1 Å². The molecule has 0 aliphatic carbocycles. The van der Waals surface area contributed by atoms with Crippen LogP contribution in [0.2, 0.25) is 5.02 Å². The average Bonchev–Trinajstić information content (AvgIpc) is 2.53. The van der Waals surface area contributed by atoms with E-state index >= 15 is 0 Å². The lowest BCUT2D eigenvalue weighted by molar-refractivity contribution is -0.127. The third kappa shape index (κ3) is 5.00. The maximum absolute atomic E-state index is 12.2. The third-order valence-corrected chi connectivity index (χ3v) is 4.32. The fourth-order valence-corrected chi connectivity index (χ4v) is 2.62. The van der Waals surface area contributed by atoms with Crippen molar-refractivity contribution in [1.82, 2.24) is 5.32 Å². The van der Waals surface area contributed by atoms with Gasteiger partial charge in [-0.05, 0) is 74.6 Å². The summed E-state index contributed by atoms with van der Waals surface area (Å²) < 4.78 is 5.86. The van der Waals surface area contributed by atoms with Gasteiger partial charge in [0.05, 0.1) is 0 Å². The molecule has 128 valence electrons. The highest BCUT2D eigenvalue weighted by molar-refractivity contribution is 6.30. The van der Waals surface area contributed by atoms with Crippen LogP contribution in [-0.2, 0) is 11.2 Å². The van der Waals surface area contributed by atoms with Gasteiger partial charge in [0.15, 0.2) is 6.10 Å². The van der Waals surface area contributed by atoms with Gasteiger partial charge in [-0.15, -0.1) is 0 Å². The molecule has 0 saturated carbocycles. The molecule has 0 spiro atoms. The molecule has 0 bridgehead atoms. The van der Waals surface area contributed by atoms with Crippen LogP contribution in [-0.4, -0.2) is 18.6 Å². The highest BCUT2D eigenvalue weighted by Gasteiger charge is 2.16. The van der Waals surface area contributed by atoms with Crippen LogP contribution in [0.4, 0.5) is 0 Å². The molecule has 3 nitrogen and oxygen atoms in total. The number of hydrogen-bond acceptors (Lipinski definition) is 2. The first-order valence-electron chi connectivity index (χ1n) is 8.13. The molecule has 24 heavy (non-hydrogen) atoms. The Kier molecular flexibility index (Phi) is 6.27. The third-order valence-electron chi connectivity index (χ3n) is 4.06. The summed E-state index contributed by atoms with van der Waals surface area (Å²) in [6, 6.07) is 11.7. The van der Waals surface area contributed by atoms with Gasteiger partial charge in [-0.3, -0.25) is 4.79 Å². The minimum atomic E-state index is -0.532. The van der Waals surface area contributed by atoms with Crippen molar-refractivity contribution >= 4 is 17.5 Å². The van der Waals surface area contributed by atoms with E-state index in [2.05, 4.69) is 11.4 Å². The molecule has 0 heterocycles. The van der Waals surface area contributed by atoms with Gasteiger partial charge in [0, 0.05) is 11.6 Å². The first-order valence-corrected chi connectivity index (χ1v) is 8.51. The Labute approximate surface area is 149 Å². The molecule has 2 aromatic rings. The summed E-state index contributed by atoms with van der Waals surface area (Å²) in [5.41, 5.74) is 4.50. The van der Waals surface area contributed by atoms with E-state index < -0.39 is 6.10 Å². The molecule has 1 amide bonds. The van der Waals surface area contributed by atoms with Gasteiger partial charge in [-0.1, -0.05) is 29.8 Å². The number of carbonyl (C=O) groups is 1. The molecular formula is C20H24ClNO2. The lowest BCUT2D eigenvalue weighted by atomic mass is 10.1. The lowest BCUT2D eigenvalue weighted by Gasteiger charge is -2.18. The lowest BCUT2D eigenvalue weighted by Crippen LogP contribution is -2.37. The van der Waals surface area contributed by atoms with E-state index in [1.807, 2.05) is 51.1 Å². The maximum atomic E-state index is 12.2. The van der Waals surface area contributed by atoms with Gasteiger partial charge in [0.25, 0.3) is 5.91 Å². The summed E-state index contributed by atoms with van der Waals surface area (Å²) in [7, 11) is 0. The second-order valence-electron chi connectivity index (χ2n) is 6.13. The molecule has 0 fully saturated rings. The Balaban J connectivity index is 1.87. The molecule has 4 heteroatoms. The molecular weight excluding hydrogens is 322 g/mol. The van der Waals surface area contributed by atoms with Crippen molar-refractivity contribution in [3.8, 4) is 5.75 Å². The van der Waals surface area contributed by atoms with Crippen LogP contribution >= 0.6 is 11.6 Å². The van der Waals surface area contributed by atoms with Gasteiger partial charge in [-0.25, -0.2) is 0 Å². The number of rotatable bonds is 6. The highest BCUT2D eigenvalue weighted by atomic mass is 35.5. The SMILES string of the molecule is Cc1cc(C)c(C)c(O[C@@H](C)C(=O)NCCc2ccc(Cl)cc2)c1. The number of ether oxygens (including phenoxy) is 1. The Hall–Kier alpha value is -2.00. The predicted molar refractivity (Wildman–Crippen MR) is 98.9 cm³/mol. The summed E-state index contributed by atoms with van der Waals surface area (Å²) in [6.45, 7) is 8.42. The first kappa shape index (κ1) is 18.3. The van der Waals surface area contributed by atoms with E-state index in [-0.39, 0.29) is 5.91 Å². The standard InChI is InChI=1S/C20H24ClNO2/c1-13-11-14(2)15(3)19(12-13)24-16(4)20(23)22-10-9-17-5-7-18(21)8-6-17/h5-8,11-12,16H,9-10H2,1-4H3,(H,22,23)/t16-/m0/s1. The minimum Gasteiger partial charge on any atom is -0.481 e. The van der Waals surface area contributed by atoms with Gasteiger partial charge in [-0.2, -0.15) is 0 Å². The zero-order chi connectivity index (χ0) is 17.7. The van der Waals surface area contributed by atoms with E-state index in [9.17, 15) is 4.79 Å². The van der Waals surface area contributed by atoms with Gasteiger partial charge >= 0.3 is 0 Å². The normalized spacial score (nSPS) is 11.9. The Morgan fingerprint density at radius 3 is 2.50 bits per heavy atom. The van der Waals surface area contributed by atoms with E-state index in [4.69, 9.17) is 16.3 Å². The largest absolute Gasteiger partial charge is 0.481 e. The van der Waals surface area contributed by atoms with Gasteiger partial charge in [0.2, 0.25) is 0 Å². The van der Waals surface area contributed by atoms with Crippen molar-refractivity contribution in [3.63, 3.8) is 0 Å². The van der Waals surface area contributed by atoms with Crippen LogP contribution in [0, 0.1) is 20.8 Å². The molecule has 0 aliphatic rings. The second kappa shape index (κ2) is 8.20. The molecule has 0 aromatic heterocycles. The topological polar surface area (TPSA) is 38.3 Å². The van der Waals surface area contributed by atoms with Crippen molar-refractivity contribution in [2.45, 2.75) is 40.2 Å². The molecule has 2 rings (SSSR count). The Morgan fingerprint density at radius 2 is 1.83 bits per heavy atom. The smallest absolute Gasteiger partial charge is 0.260 e. The molecule has 0 aliphatic heterocycles. The highest BCUT2D eigenvalue weighted by Crippen LogP contribution is 2.24. The number of carbonyl (C=O) groups excluding carboxylic acids is 1. The maximum Gasteiger partial charge on any atom is 0.260 e. The summed E-state index contributed by atoms with van der Waals surface area (Å²) in [5.74, 6) is 0.662. The van der Waals surface area contributed by atoms with Crippen molar-refractivity contribution in [2.75, 3.05) is 6.54 Å². The Bertz CT molecular complexity index is 710. The second-order valence-corrected chi connectivity index (χ2v) is 6.57. The van der Waals surface area contributed by atoms with Crippen LogP contribution in [0.25, 0.3) is 0 Å². The zero-order valence-electron chi connectivity index (χ0n) is 14.7. The van der Waals surface area contributed by atoms with E-state index in [0.29, 0.717) is 11.6 Å². The molecule has 0 saturated heterocycles. The van der Waals surface area contributed by atoms with Crippen molar-refractivity contribution in [3.05, 3.63) is 63.7 Å². The van der Waals surface area contributed by atoms with Crippen LogP contribution in [0.5, 0.6) is 5.75 Å². The fraction of sp³-hybridized carbons (Fsp3) is 0.350. The monoisotopic (exact) mass is 345 g/mol. The summed E-state index contributed by atoms with van der Waals surface area (Å²) in [6.07, 6.45) is 0.230. The summed E-state index contributed by atoms with van der Waals surface area (Å²) in [5, 5.41) is 3.63. The number of halogens is 1. The van der Waals surface area contributed by atoms with Crippen LogP contribution in [0.1, 0.15) is 29.2 Å². The Morgan fingerprint density at radius 1 is 1.17 bits per heavy atom. The molecule has 1 N–H and O–H groups in total. The first-order chi connectivity index (χ1) is 11.4. The fourth-order valence-electron chi connectivity index (χ4n) is 2.49. The number of aryl methyl sites for hydroxylation is 2. The van der Waals surface area contributed by atoms with Crippen LogP contribution in [0.3, 0.4) is 0 Å². The predicted octanol–water partition coefficient (Wildman–Crippen LogP) is 4.39. The molecule has 1 atom stereocenters. The number of benzene rings is 2. The summed E-state index contributed by atoms with van der Waals surface area (Å²) >= 11 is 5.86.